The average molecular weight is 475 g/mol. The van der Waals surface area contributed by atoms with E-state index in [0.717, 1.165) is 54.6 Å². The van der Waals surface area contributed by atoms with E-state index in [0.29, 0.717) is 17.0 Å². The van der Waals surface area contributed by atoms with Crippen LogP contribution in [-0.2, 0) is 6.54 Å². The Labute approximate surface area is 204 Å². The SMILES string of the molecule is COc1ccc2c(c1)c(/C=C1\Oc3ccc(NC(=O)NC4CC4)cc3C1=O)cn2CCCN(C)C. The van der Waals surface area contributed by atoms with Gasteiger partial charge < -0.3 is 29.6 Å². The number of ether oxygens (including phenoxy) is 2. The maximum Gasteiger partial charge on any atom is 0.319 e. The Morgan fingerprint density at radius 3 is 2.80 bits per heavy atom. The summed E-state index contributed by atoms with van der Waals surface area (Å²) in [5.41, 5.74) is 2.96. The van der Waals surface area contributed by atoms with Gasteiger partial charge in [0.15, 0.2) is 5.76 Å². The number of urea groups is 1. The molecule has 0 saturated heterocycles. The number of carbonyl (C=O) groups excluding carboxylic acids is 2. The fraction of sp³-hybridized carbons (Fsp3) is 0.333. The number of Topliss-reactive ketones (excluding diaryl/α,β-unsaturated/α-hetero) is 1. The van der Waals surface area contributed by atoms with Crippen LogP contribution in [0.15, 0.2) is 48.4 Å². The number of nitrogens with zero attached hydrogens (tertiary/aromatic N) is 2. The van der Waals surface area contributed by atoms with E-state index >= 15 is 0 Å². The van der Waals surface area contributed by atoms with Crippen LogP contribution in [0.25, 0.3) is 17.0 Å². The second-order valence-corrected chi connectivity index (χ2v) is 9.34. The van der Waals surface area contributed by atoms with Crippen molar-refractivity contribution >= 4 is 34.5 Å². The minimum atomic E-state index is -0.259. The van der Waals surface area contributed by atoms with Crippen molar-refractivity contribution in [3.8, 4) is 11.5 Å². The largest absolute Gasteiger partial charge is 0.497 e. The Hall–Kier alpha value is -3.78. The van der Waals surface area contributed by atoms with Crippen LogP contribution in [0.2, 0.25) is 0 Å². The van der Waals surface area contributed by atoms with Gasteiger partial charge in [-0.2, -0.15) is 0 Å². The predicted octanol–water partition coefficient (Wildman–Crippen LogP) is 4.50. The van der Waals surface area contributed by atoms with Crippen molar-refractivity contribution < 1.29 is 19.1 Å². The highest BCUT2D eigenvalue weighted by molar-refractivity contribution is 6.15. The summed E-state index contributed by atoms with van der Waals surface area (Å²) in [4.78, 5) is 27.4. The zero-order chi connectivity index (χ0) is 24.5. The molecule has 182 valence electrons. The van der Waals surface area contributed by atoms with Gasteiger partial charge in [0.05, 0.1) is 12.7 Å². The molecule has 2 amide bonds. The summed E-state index contributed by atoms with van der Waals surface area (Å²) in [6, 6.07) is 11.1. The van der Waals surface area contributed by atoms with Crippen LogP contribution in [0, 0.1) is 0 Å². The third-order valence-electron chi connectivity index (χ3n) is 6.25. The lowest BCUT2D eigenvalue weighted by Crippen LogP contribution is -2.30. The normalized spacial score (nSPS) is 16.0. The summed E-state index contributed by atoms with van der Waals surface area (Å²) in [5, 5.41) is 6.67. The summed E-state index contributed by atoms with van der Waals surface area (Å²) in [7, 11) is 5.77. The number of nitrogens with one attached hydrogen (secondary N) is 2. The van der Waals surface area contributed by atoms with Crippen LogP contribution >= 0.6 is 0 Å². The number of amides is 2. The molecular formula is C27H30N4O4. The quantitative estimate of drug-likeness (QED) is 0.470. The topological polar surface area (TPSA) is 84.8 Å². The molecule has 2 aromatic carbocycles. The Kier molecular flexibility index (Phi) is 6.21. The molecule has 5 rings (SSSR count). The monoisotopic (exact) mass is 474 g/mol. The first kappa shape index (κ1) is 23.0. The molecule has 8 heteroatoms. The second-order valence-electron chi connectivity index (χ2n) is 9.34. The van der Waals surface area contributed by atoms with Crippen molar-refractivity contribution in [3.63, 3.8) is 0 Å². The third-order valence-corrected chi connectivity index (χ3v) is 6.25. The molecule has 2 aliphatic rings. The van der Waals surface area contributed by atoms with Gasteiger partial charge in [0.25, 0.3) is 0 Å². The second kappa shape index (κ2) is 9.46. The number of aromatic nitrogens is 1. The first-order valence-electron chi connectivity index (χ1n) is 11.9. The van der Waals surface area contributed by atoms with E-state index in [4.69, 9.17) is 9.47 Å². The molecular weight excluding hydrogens is 444 g/mol. The van der Waals surface area contributed by atoms with Crippen molar-refractivity contribution in [2.75, 3.05) is 33.1 Å². The van der Waals surface area contributed by atoms with Crippen molar-refractivity contribution in [2.24, 2.45) is 0 Å². The number of allylic oxidation sites excluding steroid dienone is 1. The number of hydrogen-bond acceptors (Lipinski definition) is 5. The third kappa shape index (κ3) is 5.02. The van der Waals surface area contributed by atoms with Crippen molar-refractivity contribution in [1.29, 1.82) is 0 Å². The molecule has 0 bridgehead atoms. The van der Waals surface area contributed by atoms with Crippen molar-refractivity contribution in [1.82, 2.24) is 14.8 Å². The van der Waals surface area contributed by atoms with Crippen LogP contribution in [0.3, 0.4) is 0 Å². The maximum atomic E-state index is 13.2. The number of benzene rings is 2. The summed E-state index contributed by atoms with van der Waals surface area (Å²) >= 11 is 0. The molecule has 2 heterocycles. The summed E-state index contributed by atoms with van der Waals surface area (Å²) in [6.07, 6.45) is 6.87. The molecule has 1 aliphatic carbocycles. The number of ketones is 1. The minimum Gasteiger partial charge on any atom is -0.497 e. The molecule has 0 atom stereocenters. The van der Waals surface area contributed by atoms with E-state index in [2.05, 4.69) is 40.4 Å². The molecule has 0 unspecified atom stereocenters. The van der Waals surface area contributed by atoms with Gasteiger partial charge in [0, 0.05) is 40.9 Å². The van der Waals surface area contributed by atoms with E-state index in [1.54, 1.807) is 31.4 Å². The number of fused-ring (bicyclic) bond motifs is 2. The first-order chi connectivity index (χ1) is 16.9. The standard InChI is InChI=1S/C27H30N4O4/c1-30(2)11-4-12-31-16-17(21-15-20(34-3)8-9-23(21)31)13-25-26(32)22-14-19(7-10-24(22)35-25)29-27(33)28-18-5-6-18/h7-10,13-16,18H,4-6,11-12H2,1-3H3,(H2,28,29,33)/b25-13-. The molecule has 0 spiro atoms. The molecule has 3 aromatic rings. The molecule has 1 aromatic heterocycles. The van der Waals surface area contributed by atoms with Gasteiger partial charge in [0.1, 0.15) is 11.5 Å². The lowest BCUT2D eigenvalue weighted by Gasteiger charge is -2.10. The van der Waals surface area contributed by atoms with Crippen LogP contribution in [0.1, 0.15) is 35.2 Å². The Morgan fingerprint density at radius 1 is 1.23 bits per heavy atom. The predicted molar refractivity (Wildman–Crippen MR) is 136 cm³/mol. The molecule has 8 nitrogen and oxygen atoms in total. The highest BCUT2D eigenvalue weighted by Gasteiger charge is 2.29. The smallest absolute Gasteiger partial charge is 0.319 e. The lowest BCUT2D eigenvalue weighted by atomic mass is 10.1. The number of aryl methyl sites for hydroxylation is 1. The zero-order valence-electron chi connectivity index (χ0n) is 20.3. The van der Waals surface area contributed by atoms with Crippen LogP contribution in [0.4, 0.5) is 10.5 Å². The number of anilines is 1. The minimum absolute atomic E-state index is 0.206. The van der Waals surface area contributed by atoms with Crippen LogP contribution in [0.5, 0.6) is 11.5 Å². The zero-order valence-corrected chi connectivity index (χ0v) is 20.3. The summed E-state index contributed by atoms with van der Waals surface area (Å²) in [6.45, 7) is 1.84. The molecule has 0 radical (unpaired) electrons. The molecule has 1 aliphatic heterocycles. The van der Waals surface area contributed by atoms with Gasteiger partial charge in [-0.25, -0.2) is 4.79 Å². The molecule has 1 saturated carbocycles. The number of hydrogen-bond donors (Lipinski definition) is 2. The van der Waals surface area contributed by atoms with E-state index in [9.17, 15) is 9.59 Å². The van der Waals surface area contributed by atoms with Crippen LogP contribution in [-0.4, -0.2) is 55.1 Å². The van der Waals surface area contributed by atoms with Crippen LogP contribution < -0.4 is 20.1 Å². The van der Waals surface area contributed by atoms with Crippen molar-refractivity contribution in [3.05, 3.63) is 59.5 Å². The van der Waals surface area contributed by atoms with E-state index < -0.39 is 0 Å². The summed E-state index contributed by atoms with van der Waals surface area (Å²) in [5.74, 6) is 1.30. The highest BCUT2D eigenvalue weighted by atomic mass is 16.5. The van der Waals surface area contributed by atoms with Gasteiger partial charge >= 0.3 is 6.03 Å². The fourth-order valence-corrected chi connectivity index (χ4v) is 4.28. The van der Waals surface area contributed by atoms with E-state index in [1.807, 2.05) is 18.2 Å². The Balaban J connectivity index is 1.41. The van der Waals surface area contributed by atoms with Gasteiger partial charge in [-0.15, -0.1) is 0 Å². The number of rotatable bonds is 8. The van der Waals surface area contributed by atoms with Gasteiger partial charge in [-0.1, -0.05) is 0 Å². The molecule has 1 fully saturated rings. The van der Waals surface area contributed by atoms with Crippen molar-refractivity contribution in [2.45, 2.75) is 31.8 Å². The fourth-order valence-electron chi connectivity index (χ4n) is 4.28. The highest BCUT2D eigenvalue weighted by Crippen LogP contribution is 2.35. The number of carbonyl (C=O) groups is 2. The summed E-state index contributed by atoms with van der Waals surface area (Å²) < 4.78 is 13.6. The van der Waals surface area contributed by atoms with Gasteiger partial charge in [-0.05, 0) is 82.4 Å². The molecule has 2 N–H and O–H groups in total. The van der Waals surface area contributed by atoms with E-state index in [-0.39, 0.29) is 23.6 Å². The lowest BCUT2D eigenvalue weighted by molar-refractivity contribution is 0.101. The Bertz CT molecular complexity index is 1320. The number of methoxy groups -OCH3 is 1. The first-order valence-corrected chi connectivity index (χ1v) is 11.9. The van der Waals surface area contributed by atoms with Gasteiger partial charge in [0.2, 0.25) is 5.78 Å². The van der Waals surface area contributed by atoms with Gasteiger partial charge in [-0.3, -0.25) is 4.79 Å². The molecule has 35 heavy (non-hydrogen) atoms. The van der Waals surface area contributed by atoms with E-state index in [1.165, 1.54) is 0 Å². The Morgan fingerprint density at radius 2 is 2.06 bits per heavy atom. The average Bonchev–Trinajstić information content (AvgIpc) is 3.51. The maximum absolute atomic E-state index is 13.2.